The zero-order chi connectivity index (χ0) is 10.7. The highest BCUT2D eigenvalue weighted by Crippen LogP contribution is 2.24. The van der Waals surface area contributed by atoms with Crippen molar-refractivity contribution in [1.82, 2.24) is 0 Å². The minimum atomic E-state index is -0.953. The van der Waals surface area contributed by atoms with Gasteiger partial charge in [-0.05, 0) is 12.1 Å². The van der Waals surface area contributed by atoms with E-state index in [2.05, 4.69) is 4.85 Å². The topological polar surface area (TPSA) is 33.5 Å². The van der Waals surface area contributed by atoms with Crippen molar-refractivity contribution in [2.45, 2.75) is 6.92 Å². The molecule has 0 heterocycles. The van der Waals surface area contributed by atoms with Gasteiger partial charge in [-0.25, -0.2) is 13.6 Å². The lowest BCUT2D eigenvalue weighted by atomic mass is 10.2. The summed E-state index contributed by atoms with van der Waals surface area (Å²) in [4.78, 5) is 13.4. The second-order valence-electron chi connectivity index (χ2n) is 2.58. The highest BCUT2D eigenvalue weighted by atomic mass is 19.1. The van der Waals surface area contributed by atoms with Gasteiger partial charge in [0.25, 0.3) is 0 Å². The first kappa shape index (κ1) is 10.1. The molecule has 0 saturated carbocycles. The Morgan fingerprint density at radius 2 is 1.93 bits per heavy atom. The monoisotopic (exact) mass is 196 g/mol. The Balaban J connectivity index is 3.19. The number of carbonyl (C=O) groups is 1. The Bertz CT molecular complexity index is 400. The fraction of sp³-hybridized carbons (Fsp3) is 0.111. The van der Waals surface area contributed by atoms with E-state index in [1.807, 2.05) is 5.32 Å². The molecule has 5 heteroatoms. The number of nitrogens with one attached hydrogen (secondary N) is 1. The van der Waals surface area contributed by atoms with Gasteiger partial charge < -0.3 is 5.32 Å². The molecule has 0 aliphatic rings. The Labute approximate surface area is 79.2 Å². The summed E-state index contributed by atoms with van der Waals surface area (Å²) in [5.41, 5.74) is -0.668. The molecule has 0 fully saturated rings. The average molecular weight is 196 g/mol. The molecule has 0 atom stereocenters. The summed E-state index contributed by atoms with van der Waals surface area (Å²) in [5.74, 6) is -2.48. The molecule has 1 aromatic carbocycles. The largest absolute Gasteiger partial charge is 0.322 e. The summed E-state index contributed by atoms with van der Waals surface area (Å²) in [5, 5.41) is 2.00. The zero-order valence-electron chi connectivity index (χ0n) is 7.27. The molecule has 0 radical (unpaired) electrons. The van der Waals surface area contributed by atoms with E-state index in [9.17, 15) is 13.6 Å². The molecule has 0 spiro atoms. The van der Waals surface area contributed by atoms with Crippen LogP contribution in [0.1, 0.15) is 6.92 Å². The van der Waals surface area contributed by atoms with Crippen LogP contribution in [0.5, 0.6) is 0 Å². The van der Waals surface area contributed by atoms with Crippen molar-refractivity contribution in [2.75, 3.05) is 5.32 Å². The van der Waals surface area contributed by atoms with E-state index >= 15 is 0 Å². The summed E-state index contributed by atoms with van der Waals surface area (Å²) in [7, 11) is 0. The Morgan fingerprint density at radius 3 is 2.29 bits per heavy atom. The molecule has 14 heavy (non-hydrogen) atoms. The molecule has 3 nitrogen and oxygen atoms in total. The molecule has 1 rings (SSSR count). The number of benzene rings is 1. The van der Waals surface area contributed by atoms with E-state index in [1.165, 1.54) is 0 Å². The summed E-state index contributed by atoms with van der Waals surface area (Å²) in [6.07, 6.45) is 0. The van der Waals surface area contributed by atoms with Crippen molar-refractivity contribution in [3.8, 4) is 0 Å². The van der Waals surface area contributed by atoms with Crippen LogP contribution in [0.3, 0.4) is 0 Å². The highest BCUT2D eigenvalue weighted by Gasteiger charge is 2.11. The van der Waals surface area contributed by atoms with Crippen molar-refractivity contribution in [2.24, 2.45) is 0 Å². The van der Waals surface area contributed by atoms with Gasteiger partial charge in [0.05, 0.1) is 6.57 Å². The minimum Gasteiger partial charge on any atom is -0.322 e. The smallest absolute Gasteiger partial charge is 0.221 e. The molecule has 1 aromatic rings. The highest BCUT2D eigenvalue weighted by molar-refractivity contribution is 5.89. The van der Waals surface area contributed by atoms with Crippen molar-refractivity contribution >= 4 is 17.3 Å². The molecule has 0 bridgehead atoms. The van der Waals surface area contributed by atoms with Crippen LogP contribution in [0.15, 0.2) is 12.1 Å². The van der Waals surface area contributed by atoms with E-state index in [4.69, 9.17) is 6.57 Å². The van der Waals surface area contributed by atoms with Gasteiger partial charge in [-0.2, -0.15) is 0 Å². The van der Waals surface area contributed by atoms with Crippen LogP contribution in [0.25, 0.3) is 4.85 Å². The molecule has 0 aromatic heterocycles. The number of amides is 1. The maximum atomic E-state index is 13.1. The fourth-order valence-corrected chi connectivity index (χ4v) is 0.920. The third-order valence-corrected chi connectivity index (χ3v) is 1.46. The van der Waals surface area contributed by atoms with Crippen LogP contribution in [-0.2, 0) is 4.79 Å². The number of rotatable bonds is 1. The van der Waals surface area contributed by atoms with Crippen molar-refractivity contribution in [3.05, 3.63) is 35.2 Å². The first-order chi connectivity index (χ1) is 6.54. The quantitative estimate of drug-likeness (QED) is 0.687. The van der Waals surface area contributed by atoms with Crippen LogP contribution in [0, 0.1) is 18.2 Å². The van der Waals surface area contributed by atoms with Crippen LogP contribution in [0.4, 0.5) is 20.2 Å². The Morgan fingerprint density at radius 1 is 1.43 bits per heavy atom. The summed E-state index contributed by atoms with van der Waals surface area (Å²) in [6, 6.07) is 1.72. The second kappa shape index (κ2) is 3.83. The third kappa shape index (κ3) is 2.04. The van der Waals surface area contributed by atoms with Gasteiger partial charge in [0.1, 0.15) is 17.3 Å². The predicted octanol–water partition coefficient (Wildman–Crippen LogP) is 2.47. The Kier molecular flexibility index (Phi) is 2.77. The lowest BCUT2D eigenvalue weighted by molar-refractivity contribution is -0.114. The SMILES string of the molecule is [C-]#[N+]c1cc(F)c(NC(C)=O)c(F)c1. The van der Waals surface area contributed by atoms with Gasteiger partial charge in [0.15, 0.2) is 5.69 Å². The maximum absolute atomic E-state index is 13.1. The summed E-state index contributed by atoms with van der Waals surface area (Å²) >= 11 is 0. The lowest BCUT2D eigenvalue weighted by Crippen LogP contribution is -2.09. The van der Waals surface area contributed by atoms with Gasteiger partial charge in [0.2, 0.25) is 5.91 Å². The van der Waals surface area contributed by atoms with E-state index in [1.54, 1.807) is 0 Å². The molecular weight excluding hydrogens is 190 g/mol. The van der Waals surface area contributed by atoms with Crippen LogP contribution < -0.4 is 5.32 Å². The molecule has 0 aliphatic heterocycles. The van der Waals surface area contributed by atoms with E-state index in [0.717, 1.165) is 19.1 Å². The van der Waals surface area contributed by atoms with Gasteiger partial charge in [0, 0.05) is 6.92 Å². The van der Waals surface area contributed by atoms with Crippen molar-refractivity contribution in [1.29, 1.82) is 0 Å². The molecule has 1 amide bonds. The summed E-state index contributed by atoms with van der Waals surface area (Å²) < 4.78 is 26.1. The van der Waals surface area contributed by atoms with Crippen LogP contribution in [-0.4, -0.2) is 5.91 Å². The van der Waals surface area contributed by atoms with E-state index in [0.29, 0.717) is 0 Å². The average Bonchev–Trinajstić information content (AvgIpc) is 2.10. The normalized spacial score (nSPS) is 9.29. The van der Waals surface area contributed by atoms with E-state index in [-0.39, 0.29) is 5.69 Å². The number of carbonyl (C=O) groups excluding carboxylic acids is 1. The molecule has 72 valence electrons. The minimum absolute atomic E-state index is 0.144. The number of nitrogens with zero attached hydrogens (tertiary/aromatic N) is 1. The fourth-order valence-electron chi connectivity index (χ4n) is 0.920. The van der Waals surface area contributed by atoms with Crippen molar-refractivity contribution in [3.63, 3.8) is 0 Å². The van der Waals surface area contributed by atoms with Gasteiger partial charge in [-0.1, -0.05) is 0 Å². The molecule has 0 aliphatic carbocycles. The zero-order valence-corrected chi connectivity index (χ0v) is 7.27. The first-order valence-corrected chi connectivity index (χ1v) is 3.68. The van der Waals surface area contributed by atoms with Gasteiger partial charge >= 0.3 is 0 Å². The van der Waals surface area contributed by atoms with Gasteiger partial charge in [-0.3, -0.25) is 4.79 Å². The van der Waals surface area contributed by atoms with Crippen LogP contribution in [0.2, 0.25) is 0 Å². The molecule has 0 unspecified atom stereocenters. The van der Waals surface area contributed by atoms with Crippen LogP contribution >= 0.6 is 0 Å². The van der Waals surface area contributed by atoms with Gasteiger partial charge in [-0.15, -0.1) is 0 Å². The number of halogens is 2. The number of hydrogen-bond donors (Lipinski definition) is 1. The summed E-state index contributed by atoms with van der Waals surface area (Å²) in [6.45, 7) is 7.69. The molecular formula is C9H6F2N2O. The second-order valence-corrected chi connectivity index (χ2v) is 2.58. The Hall–Kier alpha value is -1.96. The standard InChI is InChI=1S/C9H6F2N2O/c1-5(14)13-9-7(10)3-6(12-2)4-8(9)11/h3-4H,1H3,(H,13,14). The predicted molar refractivity (Wildman–Crippen MR) is 46.9 cm³/mol. The number of hydrogen-bond acceptors (Lipinski definition) is 1. The third-order valence-electron chi connectivity index (χ3n) is 1.46. The maximum Gasteiger partial charge on any atom is 0.221 e. The number of anilines is 1. The molecule has 0 saturated heterocycles. The molecule has 1 N–H and O–H groups in total. The van der Waals surface area contributed by atoms with E-state index < -0.39 is 23.2 Å². The lowest BCUT2D eigenvalue weighted by Gasteiger charge is -2.05. The first-order valence-electron chi connectivity index (χ1n) is 3.68. The van der Waals surface area contributed by atoms with Crippen molar-refractivity contribution < 1.29 is 13.6 Å².